The van der Waals surface area contributed by atoms with Gasteiger partial charge >= 0.3 is 0 Å². The van der Waals surface area contributed by atoms with Crippen LogP contribution in [0.15, 0.2) is 0 Å². The molecule has 0 heterocycles. The lowest BCUT2D eigenvalue weighted by molar-refractivity contribution is -0.115. The highest BCUT2D eigenvalue weighted by Crippen LogP contribution is 2.14. The summed E-state index contributed by atoms with van der Waals surface area (Å²) in [6.07, 6.45) is 40.7. The molecule has 0 spiro atoms. The summed E-state index contributed by atoms with van der Waals surface area (Å²) in [7, 11) is 0. The van der Waals surface area contributed by atoms with Crippen molar-refractivity contribution in [3.63, 3.8) is 0 Å². The molecule has 37 heavy (non-hydrogen) atoms. The van der Waals surface area contributed by atoms with Crippen molar-refractivity contribution in [3.8, 4) is 0 Å². The molecule has 3 heteroatoms. The maximum Gasteiger partial charge on any atom is 0.214 e. The van der Waals surface area contributed by atoms with Crippen LogP contribution >= 0.6 is 0 Å². The molecular formula is C34H72N2O. The Hall–Kier alpha value is -0.570. The Morgan fingerprint density at radius 1 is 0.405 bits per heavy atom. The maximum absolute atomic E-state index is 9.22. The largest absolute Gasteiger partial charge is 0.370 e. The molecule has 0 saturated heterocycles. The zero-order valence-electron chi connectivity index (χ0n) is 26.2. The van der Waals surface area contributed by atoms with Crippen molar-refractivity contribution in [2.24, 2.45) is 5.73 Å². The third-order valence-corrected chi connectivity index (χ3v) is 7.41. The van der Waals surface area contributed by atoms with Crippen LogP contribution in [0.5, 0.6) is 0 Å². The molecule has 0 rings (SSSR count). The fourth-order valence-corrected chi connectivity index (χ4v) is 5.01. The van der Waals surface area contributed by atoms with Crippen molar-refractivity contribution >= 4 is 5.91 Å². The number of unbranched alkanes of at least 4 members (excludes halogenated alkanes) is 26. The molecule has 0 aromatic rings. The molecule has 3 N–H and O–H groups in total. The topological polar surface area (TPSA) is 55.1 Å². The molecule has 0 aliphatic heterocycles. The summed E-state index contributed by atoms with van der Waals surface area (Å²) in [6.45, 7) is 8.41. The number of nitrogens with two attached hydrogens (primary N) is 1. The highest BCUT2D eigenvalue weighted by Gasteiger charge is 1.96. The van der Waals surface area contributed by atoms with Crippen LogP contribution in [0.1, 0.15) is 201 Å². The highest BCUT2D eigenvalue weighted by molar-refractivity contribution is 5.70. The van der Waals surface area contributed by atoms with E-state index in [9.17, 15) is 4.79 Å². The Kier molecular flexibility index (Phi) is 39.2. The van der Waals surface area contributed by atoms with E-state index in [-0.39, 0.29) is 5.91 Å². The second kappa shape index (κ2) is 37.6. The van der Waals surface area contributed by atoms with Crippen LogP contribution in [0.25, 0.3) is 0 Å². The van der Waals surface area contributed by atoms with Gasteiger partial charge < -0.3 is 11.1 Å². The van der Waals surface area contributed by atoms with Crippen molar-refractivity contribution in [2.75, 3.05) is 13.1 Å². The van der Waals surface area contributed by atoms with Crippen LogP contribution < -0.4 is 11.1 Å². The molecule has 0 aliphatic rings. The molecule has 0 fully saturated rings. The van der Waals surface area contributed by atoms with Crippen LogP contribution in [-0.4, -0.2) is 19.0 Å². The normalized spacial score (nSPS) is 10.9. The number of nitrogens with one attached hydrogen (secondary N) is 1. The molecule has 0 bridgehead atoms. The van der Waals surface area contributed by atoms with E-state index < -0.39 is 0 Å². The van der Waals surface area contributed by atoms with E-state index in [4.69, 9.17) is 0 Å². The zero-order valence-corrected chi connectivity index (χ0v) is 26.2. The van der Waals surface area contributed by atoms with Gasteiger partial charge in [-0.05, 0) is 25.9 Å². The average Bonchev–Trinajstić information content (AvgIpc) is 2.87. The molecule has 1 amide bonds. The molecule has 0 saturated carbocycles. The van der Waals surface area contributed by atoms with Crippen molar-refractivity contribution < 1.29 is 4.79 Å². The average molecular weight is 525 g/mol. The summed E-state index contributed by atoms with van der Waals surface area (Å²) in [5, 5.41) is 3.67. The Morgan fingerprint density at radius 2 is 0.568 bits per heavy atom. The number of hydrogen-bond acceptors (Lipinski definition) is 2. The van der Waals surface area contributed by atoms with E-state index >= 15 is 0 Å². The molecule has 0 aliphatic carbocycles. The fraction of sp³-hybridized carbons (Fsp3) is 0.971. The summed E-state index contributed by atoms with van der Waals surface area (Å²) >= 11 is 0. The minimum absolute atomic E-state index is 0.333. The van der Waals surface area contributed by atoms with Crippen molar-refractivity contribution in [1.82, 2.24) is 5.32 Å². The van der Waals surface area contributed by atoms with Crippen molar-refractivity contribution in [1.29, 1.82) is 0 Å². The summed E-state index contributed by atoms with van der Waals surface area (Å²) < 4.78 is 0. The minimum Gasteiger partial charge on any atom is -0.370 e. The van der Waals surface area contributed by atoms with Gasteiger partial charge in [0.05, 0.1) is 0 Å². The second-order valence-electron chi connectivity index (χ2n) is 11.6. The SMILES string of the molecule is CC(N)=O.CCCCCCCCCCCCCCCCNCCCCCCCCCCCCCCCC. The van der Waals surface area contributed by atoms with Gasteiger partial charge in [-0.25, -0.2) is 0 Å². The Balaban J connectivity index is 0. The highest BCUT2D eigenvalue weighted by atomic mass is 16.1. The molecule has 0 aromatic heterocycles. The standard InChI is InChI=1S/C32H67N.C2H5NO/c1-3-5-7-9-11-13-15-17-19-21-23-25-27-29-31-33-32-30-28-26-24-22-20-18-16-14-12-10-8-6-4-2;1-2(3)4/h33H,3-32H2,1-2H3;1H3,(H2,3,4). The van der Waals surface area contributed by atoms with Crippen LogP contribution in [-0.2, 0) is 4.79 Å². The lowest BCUT2D eigenvalue weighted by Crippen LogP contribution is -2.16. The van der Waals surface area contributed by atoms with Crippen LogP contribution in [0.3, 0.4) is 0 Å². The molecular weight excluding hydrogens is 452 g/mol. The van der Waals surface area contributed by atoms with E-state index in [1.165, 1.54) is 200 Å². The first-order valence-corrected chi connectivity index (χ1v) is 17.1. The quantitative estimate of drug-likeness (QED) is 0.0918. The maximum atomic E-state index is 9.22. The van der Waals surface area contributed by atoms with Crippen LogP contribution in [0, 0.1) is 0 Å². The van der Waals surface area contributed by atoms with Gasteiger partial charge in [-0.3, -0.25) is 4.79 Å². The van der Waals surface area contributed by atoms with E-state index in [2.05, 4.69) is 24.9 Å². The molecule has 224 valence electrons. The number of carbonyl (C=O) groups excluding carboxylic acids is 1. The van der Waals surface area contributed by atoms with Crippen LogP contribution in [0.4, 0.5) is 0 Å². The molecule has 3 nitrogen and oxygen atoms in total. The summed E-state index contributed by atoms with van der Waals surface area (Å²) in [4.78, 5) is 9.22. The lowest BCUT2D eigenvalue weighted by Gasteiger charge is -2.06. The number of carbonyl (C=O) groups is 1. The Morgan fingerprint density at radius 3 is 0.757 bits per heavy atom. The van der Waals surface area contributed by atoms with Crippen molar-refractivity contribution in [2.45, 2.75) is 201 Å². The van der Waals surface area contributed by atoms with Crippen molar-refractivity contribution in [3.05, 3.63) is 0 Å². The van der Waals surface area contributed by atoms with Gasteiger partial charge in [-0.2, -0.15) is 0 Å². The predicted molar refractivity (Wildman–Crippen MR) is 168 cm³/mol. The van der Waals surface area contributed by atoms with Crippen LogP contribution in [0.2, 0.25) is 0 Å². The third kappa shape index (κ3) is 45.7. The number of primary amides is 1. The Bertz CT molecular complexity index is 365. The number of hydrogen-bond donors (Lipinski definition) is 2. The number of rotatable bonds is 30. The molecule has 0 unspecified atom stereocenters. The first-order valence-electron chi connectivity index (χ1n) is 17.1. The third-order valence-electron chi connectivity index (χ3n) is 7.41. The molecule has 0 radical (unpaired) electrons. The molecule has 0 aromatic carbocycles. The van der Waals surface area contributed by atoms with Gasteiger partial charge in [-0.1, -0.05) is 181 Å². The summed E-state index contributed by atoms with van der Waals surface area (Å²) in [5.41, 5.74) is 4.47. The first kappa shape index (κ1) is 38.6. The van der Waals surface area contributed by atoms with E-state index in [0.29, 0.717) is 0 Å². The van der Waals surface area contributed by atoms with Gasteiger partial charge in [-0.15, -0.1) is 0 Å². The van der Waals surface area contributed by atoms with Gasteiger partial charge in [0, 0.05) is 6.92 Å². The van der Waals surface area contributed by atoms with E-state index in [0.717, 1.165) is 0 Å². The summed E-state index contributed by atoms with van der Waals surface area (Å²) in [6, 6.07) is 0. The van der Waals surface area contributed by atoms with Gasteiger partial charge in [0.15, 0.2) is 0 Å². The second-order valence-corrected chi connectivity index (χ2v) is 11.6. The monoisotopic (exact) mass is 525 g/mol. The smallest absolute Gasteiger partial charge is 0.214 e. The minimum atomic E-state index is -0.333. The lowest BCUT2D eigenvalue weighted by atomic mass is 10.0. The summed E-state index contributed by atoms with van der Waals surface area (Å²) in [5.74, 6) is -0.333. The zero-order chi connectivity index (χ0) is 27.5. The Labute approximate surface area is 235 Å². The van der Waals surface area contributed by atoms with E-state index in [1.807, 2.05) is 0 Å². The van der Waals surface area contributed by atoms with E-state index in [1.54, 1.807) is 0 Å². The first-order chi connectivity index (χ1) is 18.1. The fourth-order valence-electron chi connectivity index (χ4n) is 5.01. The van der Waals surface area contributed by atoms with Gasteiger partial charge in [0.2, 0.25) is 5.91 Å². The molecule has 0 atom stereocenters. The predicted octanol–water partition coefficient (Wildman–Crippen LogP) is 11.0. The van der Waals surface area contributed by atoms with Gasteiger partial charge in [0.1, 0.15) is 0 Å². The number of amides is 1. The van der Waals surface area contributed by atoms with Gasteiger partial charge in [0.25, 0.3) is 0 Å².